The van der Waals surface area contributed by atoms with Crippen molar-refractivity contribution in [3.63, 3.8) is 0 Å². The van der Waals surface area contributed by atoms with E-state index < -0.39 is 17.7 Å². The maximum Gasteiger partial charge on any atom is 0.253 e. The third kappa shape index (κ3) is 4.43. The van der Waals surface area contributed by atoms with Crippen LogP contribution in [0.5, 0.6) is 0 Å². The predicted octanol–water partition coefficient (Wildman–Crippen LogP) is 1.74. The van der Waals surface area contributed by atoms with Crippen molar-refractivity contribution in [3.8, 4) is 0 Å². The summed E-state index contributed by atoms with van der Waals surface area (Å²) in [7, 11) is 0. The van der Waals surface area contributed by atoms with E-state index in [1.54, 1.807) is 0 Å². The minimum Gasteiger partial charge on any atom is -0.366 e. The van der Waals surface area contributed by atoms with E-state index in [1.807, 2.05) is 21.6 Å². The first-order valence-electron chi connectivity index (χ1n) is 7.77. The molecular weight excluding hydrogens is 322 g/mol. The van der Waals surface area contributed by atoms with E-state index in [1.165, 1.54) is 12.1 Å². The van der Waals surface area contributed by atoms with Crippen LogP contribution in [0.25, 0.3) is 0 Å². The minimum absolute atomic E-state index is 0.0282. The lowest BCUT2D eigenvalue weighted by molar-refractivity contribution is -0.149. The van der Waals surface area contributed by atoms with Gasteiger partial charge in [0.1, 0.15) is 17.7 Å². The molecule has 2 heterocycles. The summed E-state index contributed by atoms with van der Waals surface area (Å²) < 4.78 is 32.2. The Kier molecular flexibility index (Phi) is 5.50. The number of carbonyl (C=O) groups excluding carboxylic acids is 1. The van der Waals surface area contributed by atoms with Crippen LogP contribution in [0.3, 0.4) is 0 Å². The van der Waals surface area contributed by atoms with Gasteiger partial charge in [-0.1, -0.05) is 0 Å². The van der Waals surface area contributed by atoms with Gasteiger partial charge in [0.05, 0.1) is 6.61 Å². The van der Waals surface area contributed by atoms with Crippen LogP contribution in [-0.2, 0) is 16.1 Å². The van der Waals surface area contributed by atoms with Gasteiger partial charge in [0.25, 0.3) is 5.91 Å². The van der Waals surface area contributed by atoms with E-state index in [0.717, 1.165) is 30.7 Å². The molecule has 1 unspecified atom stereocenters. The molecule has 3 rings (SSSR count). The summed E-state index contributed by atoms with van der Waals surface area (Å²) >= 11 is 1.85. The number of carbonyl (C=O) groups is 1. The smallest absolute Gasteiger partial charge is 0.253 e. The molecule has 0 bridgehead atoms. The minimum atomic E-state index is -0.577. The molecule has 0 radical (unpaired) electrons. The van der Waals surface area contributed by atoms with Crippen LogP contribution in [0.2, 0.25) is 0 Å². The first-order chi connectivity index (χ1) is 11.1. The number of morpholine rings is 1. The lowest BCUT2D eigenvalue weighted by Gasteiger charge is -2.36. The first kappa shape index (κ1) is 16.7. The zero-order valence-electron chi connectivity index (χ0n) is 12.8. The molecule has 2 saturated heterocycles. The van der Waals surface area contributed by atoms with Gasteiger partial charge in [-0.2, -0.15) is 11.8 Å². The molecular formula is C16H20F2N2O2S. The zero-order valence-corrected chi connectivity index (χ0v) is 13.7. The molecule has 0 aromatic heterocycles. The van der Waals surface area contributed by atoms with Gasteiger partial charge >= 0.3 is 0 Å². The van der Waals surface area contributed by atoms with E-state index in [0.29, 0.717) is 31.8 Å². The van der Waals surface area contributed by atoms with Crippen molar-refractivity contribution in [3.05, 3.63) is 35.4 Å². The van der Waals surface area contributed by atoms with Crippen molar-refractivity contribution in [2.24, 2.45) is 0 Å². The summed E-state index contributed by atoms with van der Waals surface area (Å²) in [4.78, 5) is 16.4. The predicted molar refractivity (Wildman–Crippen MR) is 85.3 cm³/mol. The number of nitrogens with zero attached hydrogens (tertiary/aromatic N) is 2. The van der Waals surface area contributed by atoms with Crippen molar-refractivity contribution < 1.29 is 18.3 Å². The molecule has 4 nitrogen and oxygen atoms in total. The molecule has 126 valence electrons. The van der Waals surface area contributed by atoms with Gasteiger partial charge < -0.3 is 9.64 Å². The third-order valence-corrected chi connectivity index (χ3v) is 5.02. The normalized spacial score (nSPS) is 23.0. The fourth-order valence-electron chi connectivity index (χ4n) is 2.94. The number of halogens is 2. The summed E-state index contributed by atoms with van der Waals surface area (Å²) in [5, 5.41) is 0. The van der Waals surface area contributed by atoms with Crippen LogP contribution in [0.4, 0.5) is 8.78 Å². The van der Waals surface area contributed by atoms with Crippen LogP contribution < -0.4 is 0 Å². The largest absolute Gasteiger partial charge is 0.366 e. The van der Waals surface area contributed by atoms with Crippen molar-refractivity contribution in [2.45, 2.75) is 12.6 Å². The van der Waals surface area contributed by atoms with Gasteiger partial charge in [0.2, 0.25) is 0 Å². The maximum absolute atomic E-state index is 13.3. The van der Waals surface area contributed by atoms with E-state index in [9.17, 15) is 13.6 Å². The summed E-state index contributed by atoms with van der Waals surface area (Å²) in [6.45, 7) is 3.50. The van der Waals surface area contributed by atoms with Gasteiger partial charge in [-0.3, -0.25) is 9.69 Å². The SMILES string of the molecule is O=C(C1CN(Cc2cc(F)cc(F)c2)CCO1)N1CCSCC1. The fourth-order valence-corrected chi connectivity index (χ4v) is 3.85. The fraction of sp³-hybridized carbons (Fsp3) is 0.562. The molecule has 7 heteroatoms. The summed E-state index contributed by atoms with van der Waals surface area (Å²) in [6.07, 6.45) is -0.481. The Bertz CT molecular complexity index is 547. The highest BCUT2D eigenvalue weighted by atomic mass is 32.2. The highest BCUT2D eigenvalue weighted by molar-refractivity contribution is 7.99. The molecule has 23 heavy (non-hydrogen) atoms. The Labute approximate surface area is 138 Å². The summed E-state index contributed by atoms with van der Waals surface area (Å²) in [6, 6.07) is 3.53. The van der Waals surface area contributed by atoms with Gasteiger partial charge in [-0.25, -0.2) is 8.78 Å². The maximum atomic E-state index is 13.3. The summed E-state index contributed by atoms with van der Waals surface area (Å²) in [5.41, 5.74) is 0.574. The Hall–Kier alpha value is -1.18. The average Bonchev–Trinajstić information content (AvgIpc) is 2.54. The lowest BCUT2D eigenvalue weighted by atomic mass is 10.1. The van der Waals surface area contributed by atoms with E-state index in [4.69, 9.17) is 4.74 Å². The molecule has 2 aliphatic heterocycles. The summed E-state index contributed by atoms with van der Waals surface area (Å²) in [5.74, 6) is 0.800. The molecule has 2 aliphatic rings. The molecule has 2 fully saturated rings. The molecule has 1 atom stereocenters. The average molecular weight is 342 g/mol. The Morgan fingerprint density at radius 1 is 1.17 bits per heavy atom. The molecule has 0 N–H and O–H groups in total. The molecule has 0 aliphatic carbocycles. The highest BCUT2D eigenvalue weighted by Crippen LogP contribution is 2.16. The molecule has 1 amide bonds. The number of ether oxygens (including phenoxy) is 1. The van der Waals surface area contributed by atoms with Crippen LogP contribution in [0, 0.1) is 11.6 Å². The van der Waals surface area contributed by atoms with Crippen LogP contribution in [0.1, 0.15) is 5.56 Å². The van der Waals surface area contributed by atoms with Gasteiger partial charge in [0, 0.05) is 50.3 Å². The van der Waals surface area contributed by atoms with Crippen LogP contribution in [-0.4, -0.2) is 66.1 Å². The molecule has 0 spiro atoms. The lowest BCUT2D eigenvalue weighted by Crippen LogP contribution is -2.52. The van der Waals surface area contributed by atoms with E-state index in [2.05, 4.69) is 0 Å². The van der Waals surface area contributed by atoms with Crippen molar-refractivity contribution in [1.82, 2.24) is 9.80 Å². The Balaban J connectivity index is 1.60. The quantitative estimate of drug-likeness (QED) is 0.838. The van der Waals surface area contributed by atoms with Crippen molar-refractivity contribution >= 4 is 17.7 Å². The number of amides is 1. The second kappa shape index (κ2) is 7.59. The highest BCUT2D eigenvalue weighted by Gasteiger charge is 2.30. The van der Waals surface area contributed by atoms with E-state index in [-0.39, 0.29) is 5.91 Å². The number of hydrogen-bond donors (Lipinski definition) is 0. The standard InChI is InChI=1S/C16H20F2N2O2S/c17-13-7-12(8-14(18)9-13)10-19-1-4-22-15(11-19)16(21)20-2-5-23-6-3-20/h7-9,15H,1-6,10-11H2. The second-order valence-electron chi connectivity index (χ2n) is 5.81. The van der Waals surface area contributed by atoms with E-state index >= 15 is 0 Å². The second-order valence-corrected chi connectivity index (χ2v) is 7.03. The number of benzene rings is 1. The number of thioether (sulfide) groups is 1. The number of rotatable bonds is 3. The van der Waals surface area contributed by atoms with Gasteiger partial charge in [0.15, 0.2) is 0 Å². The topological polar surface area (TPSA) is 32.8 Å². The zero-order chi connectivity index (χ0) is 16.2. The monoisotopic (exact) mass is 342 g/mol. The van der Waals surface area contributed by atoms with Gasteiger partial charge in [-0.15, -0.1) is 0 Å². The van der Waals surface area contributed by atoms with Gasteiger partial charge in [-0.05, 0) is 17.7 Å². The van der Waals surface area contributed by atoms with Crippen molar-refractivity contribution in [1.29, 1.82) is 0 Å². The Morgan fingerprint density at radius 2 is 1.87 bits per heavy atom. The van der Waals surface area contributed by atoms with Crippen molar-refractivity contribution in [2.75, 3.05) is 44.3 Å². The first-order valence-corrected chi connectivity index (χ1v) is 8.93. The third-order valence-electron chi connectivity index (χ3n) is 4.08. The Morgan fingerprint density at radius 3 is 2.57 bits per heavy atom. The van der Waals surface area contributed by atoms with Crippen LogP contribution >= 0.6 is 11.8 Å². The molecule has 1 aromatic carbocycles. The van der Waals surface area contributed by atoms with Crippen LogP contribution in [0.15, 0.2) is 18.2 Å². The molecule has 1 aromatic rings. The molecule has 0 saturated carbocycles. The number of hydrogen-bond acceptors (Lipinski definition) is 4.